The number of aromatic nitrogens is 6. The molecule has 2 N–H and O–H groups in total. The summed E-state index contributed by atoms with van der Waals surface area (Å²) < 4.78 is 6.19. The van der Waals surface area contributed by atoms with Crippen LogP contribution >= 0.6 is 0 Å². The van der Waals surface area contributed by atoms with Crippen LogP contribution in [-0.4, -0.2) is 36.2 Å². The van der Waals surface area contributed by atoms with Gasteiger partial charge in [0.15, 0.2) is 0 Å². The zero-order valence-corrected chi connectivity index (χ0v) is 32.5. The van der Waals surface area contributed by atoms with E-state index in [-0.39, 0.29) is 33.4 Å². The van der Waals surface area contributed by atoms with Gasteiger partial charge in [-0.1, -0.05) is 53.4 Å². The van der Waals surface area contributed by atoms with Crippen molar-refractivity contribution in [2.45, 2.75) is 115 Å². The number of nitriles is 3. The molecule has 260 valence electrons. The molecule has 11 nitrogen and oxygen atoms in total. The molecule has 0 radical (unpaired) electrons. The van der Waals surface area contributed by atoms with Crippen molar-refractivity contribution in [3.05, 3.63) is 75.6 Å². The molecule has 0 saturated heterocycles. The van der Waals surface area contributed by atoms with Crippen LogP contribution in [0.3, 0.4) is 0 Å². The van der Waals surface area contributed by atoms with Gasteiger partial charge in [0, 0.05) is 26.5 Å². The smallest absolute Gasteiger partial charge is 0.871 e. The van der Waals surface area contributed by atoms with Crippen molar-refractivity contribution in [3.63, 3.8) is 0 Å². The SMILES string of the molecule is CC#N.CC#N.CC#N.CC(C)(C)c1cc(N)c([O-])c(C(C)(C)C)c1.Cc1cc(C)n([BH-](n2nc(C)cc2C)n2nc(C)cc2C)n1.[Co+3]. The first-order valence-corrected chi connectivity index (χ1v) is 15.4. The summed E-state index contributed by atoms with van der Waals surface area (Å²) in [5.74, 6) is -0.0273. The van der Waals surface area contributed by atoms with Crippen LogP contribution in [0.15, 0.2) is 30.3 Å². The number of benzene rings is 1. The Balaban J connectivity index is 0. The van der Waals surface area contributed by atoms with E-state index in [1.54, 1.807) is 24.3 Å². The van der Waals surface area contributed by atoms with Crippen LogP contribution in [0.1, 0.15) is 108 Å². The number of rotatable bonds is 3. The molecule has 0 spiro atoms. The summed E-state index contributed by atoms with van der Waals surface area (Å²) in [6, 6.07) is 15.3. The Kier molecular flexibility index (Phi) is 19.0. The van der Waals surface area contributed by atoms with Gasteiger partial charge in [-0.2, -0.15) is 15.8 Å². The molecular weight excluding hydrogens is 646 g/mol. The minimum Gasteiger partial charge on any atom is -0.871 e. The molecule has 4 aromatic rings. The van der Waals surface area contributed by atoms with Gasteiger partial charge in [0.05, 0.1) is 35.3 Å². The second-order valence-electron chi connectivity index (χ2n) is 13.3. The molecule has 4 rings (SSSR count). The largest absolute Gasteiger partial charge is 3.00 e. The average Bonchev–Trinajstić information content (AvgIpc) is 3.56. The maximum Gasteiger partial charge on any atom is 3.00 e. The Morgan fingerprint density at radius 2 is 0.917 bits per heavy atom. The zero-order chi connectivity index (χ0) is 36.9. The molecule has 0 saturated carbocycles. The quantitative estimate of drug-likeness (QED) is 0.191. The van der Waals surface area contributed by atoms with E-state index in [9.17, 15) is 5.11 Å². The summed E-state index contributed by atoms with van der Waals surface area (Å²) in [4.78, 5) is 0. The third kappa shape index (κ3) is 13.3. The van der Waals surface area contributed by atoms with Gasteiger partial charge in [-0.15, -0.1) is 0 Å². The third-order valence-corrected chi connectivity index (χ3v) is 6.91. The van der Waals surface area contributed by atoms with Gasteiger partial charge < -0.3 is 24.6 Å². The van der Waals surface area contributed by atoms with Crippen molar-refractivity contribution < 1.29 is 21.9 Å². The molecule has 3 heterocycles. The second-order valence-corrected chi connectivity index (χ2v) is 13.3. The molecule has 13 heteroatoms. The number of aryl methyl sites for hydroxylation is 6. The first-order chi connectivity index (χ1) is 21.6. The minimum atomic E-state index is -1.26. The van der Waals surface area contributed by atoms with E-state index < -0.39 is 7.12 Å². The first kappa shape index (κ1) is 45.6. The maximum atomic E-state index is 12.0. The van der Waals surface area contributed by atoms with Crippen LogP contribution in [0.4, 0.5) is 5.69 Å². The Hall–Kier alpha value is -4.51. The van der Waals surface area contributed by atoms with Gasteiger partial charge in [0.2, 0.25) is 0 Å². The van der Waals surface area contributed by atoms with E-state index in [4.69, 9.17) is 36.8 Å². The summed E-state index contributed by atoms with van der Waals surface area (Å²) in [6.07, 6.45) is 0. The van der Waals surface area contributed by atoms with Crippen LogP contribution in [-0.2, 0) is 27.6 Å². The van der Waals surface area contributed by atoms with E-state index in [0.29, 0.717) is 5.69 Å². The van der Waals surface area contributed by atoms with E-state index in [1.807, 2.05) is 47.6 Å². The number of anilines is 1. The van der Waals surface area contributed by atoms with Gasteiger partial charge in [-0.05, 0) is 105 Å². The third-order valence-electron chi connectivity index (χ3n) is 6.91. The molecule has 1 aromatic carbocycles. The molecule has 0 unspecified atom stereocenters. The van der Waals surface area contributed by atoms with E-state index >= 15 is 0 Å². The average molecular weight is 700 g/mol. The predicted octanol–water partition coefficient (Wildman–Crippen LogP) is 6.31. The molecule has 48 heavy (non-hydrogen) atoms. The van der Waals surface area contributed by atoms with E-state index in [1.165, 1.54) is 20.8 Å². The fourth-order valence-corrected chi connectivity index (χ4v) is 4.91. The molecule has 3 aromatic heterocycles. The van der Waals surface area contributed by atoms with Gasteiger partial charge in [0.1, 0.15) is 0 Å². The number of hydrogen-bond acceptors (Lipinski definition) is 8. The normalized spacial score (nSPS) is 10.1. The van der Waals surface area contributed by atoms with Crippen molar-refractivity contribution in [2.75, 3.05) is 5.73 Å². The van der Waals surface area contributed by atoms with Crippen LogP contribution in [0.2, 0.25) is 0 Å². The van der Waals surface area contributed by atoms with Gasteiger partial charge >= 0.3 is 23.9 Å². The summed E-state index contributed by atoms with van der Waals surface area (Å²) in [5.41, 5.74) is 14.3. The fourth-order valence-electron chi connectivity index (χ4n) is 4.91. The summed E-state index contributed by atoms with van der Waals surface area (Å²) in [6.45, 7) is 29.1. The van der Waals surface area contributed by atoms with E-state index in [0.717, 1.165) is 45.3 Å². The van der Waals surface area contributed by atoms with Crippen molar-refractivity contribution in [3.8, 4) is 24.0 Å². The molecule has 0 aliphatic carbocycles. The van der Waals surface area contributed by atoms with E-state index in [2.05, 4.69) is 73.5 Å². The van der Waals surface area contributed by atoms with Crippen LogP contribution in [0, 0.1) is 75.5 Å². The number of hydrogen-bond donors (Lipinski definition) is 1. The molecule has 0 aliphatic heterocycles. The molecule has 0 aliphatic rings. The second kappa shape index (κ2) is 20.0. The van der Waals surface area contributed by atoms with Gasteiger partial charge in [-0.25, -0.2) is 15.3 Å². The number of nitrogens with two attached hydrogens (primary N) is 1. The van der Waals surface area contributed by atoms with Crippen molar-refractivity contribution in [2.24, 2.45) is 0 Å². The standard InChI is InChI=1S/C15H22BN6.C14H23NO.3C2H3N.Co/c1-10-7-13(4)20(17-10)16(21-14(5)8-11(2)18-21)22-15(6)9-12(3)19-22;1-13(2,3)9-7-10(14(4,5)6)12(16)11(15)8-9;3*1-2-3;/h7-9,16H,1-6H3;7-8,16H,15H2,1-6H3;3*1H3;/q-1;;;;;+3/p-1. The fraction of sp³-hybridized carbons (Fsp3) is 0.486. The molecule has 0 amide bonds. The van der Waals surface area contributed by atoms with Gasteiger partial charge in [-0.3, -0.25) is 0 Å². The van der Waals surface area contributed by atoms with Crippen molar-refractivity contribution in [1.82, 2.24) is 29.1 Å². The Morgan fingerprint density at radius 1 is 0.625 bits per heavy atom. The van der Waals surface area contributed by atoms with Crippen LogP contribution in [0.5, 0.6) is 5.75 Å². The molecule has 0 atom stereocenters. The molecular formula is C35H53BCoN10O+. The molecule has 0 bridgehead atoms. The maximum absolute atomic E-state index is 12.0. The monoisotopic (exact) mass is 699 g/mol. The van der Waals surface area contributed by atoms with Crippen molar-refractivity contribution in [1.29, 1.82) is 15.8 Å². The Morgan fingerprint density at radius 3 is 1.12 bits per heavy atom. The van der Waals surface area contributed by atoms with Crippen molar-refractivity contribution >= 4 is 12.8 Å². The summed E-state index contributed by atoms with van der Waals surface area (Å²) in [7, 11) is -1.26. The Bertz CT molecular complexity index is 1580. The Labute approximate surface area is 298 Å². The summed E-state index contributed by atoms with van der Waals surface area (Å²) in [5, 5.41) is 48.0. The predicted molar refractivity (Wildman–Crippen MR) is 190 cm³/mol. The van der Waals surface area contributed by atoms with Crippen LogP contribution < -0.4 is 10.8 Å². The zero-order valence-electron chi connectivity index (χ0n) is 31.4. The minimum absolute atomic E-state index is 0. The topological polar surface area (TPSA) is 174 Å². The molecule has 0 fully saturated rings. The van der Waals surface area contributed by atoms with Crippen LogP contribution in [0.25, 0.3) is 0 Å². The van der Waals surface area contributed by atoms with Gasteiger partial charge in [0.25, 0.3) is 0 Å². The number of nitrogens with zero attached hydrogens (tertiary/aromatic N) is 9. The first-order valence-electron chi connectivity index (χ1n) is 15.4. The number of nitrogen functional groups attached to an aromatic ring is 1. The summed E-state index contributed by atoms with van der Waals surface area (Å²) >= 11 is 0.